The van der Waals surface area contributed by atoms with Crippen LogP contribution in [0.2, 0.25) is 5.02 Å². The van der Waals surface area contributed by atoms with Crippen LogP contribution in [-0.2, 0) is 0 Å². The van der Waals surface area contributed by atoms with Crippen molar-refractivity contribution < 1.29 is 14.0 Å². The molecule has 0 saturated carbocycles. The molecule has 0 aliphatic rings. The molecule has 0 aliphatic carbocycles. The number of aryl methyl sites for hydroxylation is 1. The quantitative estimate of drug-likeness (QED) is 0.301. The molecule has 8 heteroatoms. The summed E-state index contributed by atoms with van der Waals surface area (Å²) < 4.78 is 13.1. The van der Waals surface area contributed by atoms with Crippen molar-refractivity contribution in [3.63, 3.8) is 0 Å². The lowest BCUT2D eigenvalue weighted by Crippen LogP contribution is -2.39. The Morgan fingerprint density at radius 2 is 1.68 bits per heavy atom. The highest BCUT2D eigenvalue weighted by Gasteiger charge is 2.19. The van der Waals surface area contributed by atoms with Crippen LogP contribution in [0, 0.1) is 6.92 Å². The largest absolute Gasteiger partial charge is 0.493 e. The van der Waals surface area contributed by atoms with Gasteiger partial charge >= 0.3 is 0 Å². The molecule has 0 unspecified atom stereocenters. The monoisotopic (exact) mass is 454 g/mol. The van der Waals surface area contributed by atoms with Gasteiger partial charge in [0.1, 0.15) is 0 Å². The van der Waals surface area contributed by atoms with Crippen molar-refractivity contribution in [2.45, 2.75) is 31.2 Å². The minimum Gasteiger partial charge on any atom is -0.493 e. The Labute approximate surface area is 190 Å². The van der Waals surface area contributed by atoms with Crippen LogP contribution < -0.4 is 19.0 Å². The summed E-state index contributed by atoms with van der Waals surface area (Å²) in [6.45, 7) is 6.24. The number of nitrogens with zero attached hydrogens (tertiary/aromatic N) is 4. The molecule has 0 fully saturated rings. The van der Waals surface area contributed by atoms with E-state index < -0.39 is 0 Å². The zero-order chi connectivity index (χ0) is 22.1. The molecule has 160 valence electrons. The van der Waals surface area contributed by atoms with Gasteiger partial charge < -0.3 is 9.47 Å². The summed E-state index contributed by atoms with van der Waals surface area (Å²) in [5, 5.41) is 12.4. The molecular formula is C23H23ClN4O2S. The summed E-state index contributed by atoms with van der Waals surface area (Å²) in [7, 11) is 3.27. The Bertz CT molecular complexity index is 1240. The Kier molecular flexibility index (Phi) is 6.07. The van der Waals surface area contributed by atoms with E-state index in [1.165, 1.54) is 0 Å². The van der Waals surface area contributed by atoms with Crippen molar-refractivity contribution in [2.75, 3.05) is 14.2 Å². The summed E-state index contributed by atoms with van der Waals surface area (Å²) in [4.78, 5) is 4.69. The van der Waals surface area contributed by atoms with Crippen LogP contribution in [0.25, 0.3) is 28.0 Å². The molecule has 0 radical (unpaired) electrons. The number of benzene rings is 2. The molecule has 4 aromatic rings. The molecule has 2 aromatic carbocycles. The van der Waals surface area contributed by atoms with Crippen molar-refractivity contribution in [2.24, 2.45) is 0 Å². The number of pyridine rings is 1. The van der Waals surface area contributed by atoms with Crippen molar-refractivity contribution in [3.8, 4) is 28.7 Å². The fourth-order valence-corrected chi connectivity index (χ4v) is 4.30. The molecule has 4 rings (SSSR count). The zero-order valence-electron chi connectivity index (χ0n) is 18.0. The number of thioether (sulfide) groups is 1. The predicted molar refractivity (Wildman–Crippen MR) is 124 cm³/mol. The van der Waals surface area contributed by atoms with E-state index in [1.807, 2.05) is 47.9 Å². The van der Waals surface area contributed by atoms with E-state index in [0.717, 1.165) is 27.7 Å². The Balaban J connectivity index is 2.04. The average Bonchev–Trinajstić information content (AvgIpc) is 3.19. The Morgan fingerprint density at radius 1 is 1.00 bits per heavy atom. The van der Waals surface area contributed by atoms with Gasteiger partial charge in [-0.15, -0.1) is 10.2 Å². The third-order valence-electron chi connectivity index (χ3n) is 4.83. The number of rotatable bonds is 6. The van der Waals surface area contributed by atoms with E-state index in [9.17, 15) is 0 Å². The highest BCUT2D eigenvalue weighted by Crippen LogP contribution is 2.36. The van der Waals surface area contributed by atoms with Gasteiger partial charge in [0, 0.05) is 21.4 Å². The van der Waals surface area contributed by atoms with E-state index in [1.54, 1.807) is 26.0 Å². The van der Waals surface area contributed by atoms with Gasteiger partial charge in [-0.25, -0.2) is 0 Å². The standard InChI is InChI=1S/C23H23ClN4O2S/c1-13(2)31-23-25-22(26-27-23)28-14(3)10-16-11-19(29-4)20(30-5)12-18(16)21(28)15-6-8-17(24)9-7-15/h6-13H,1-5H3. The molecular weight excluding hydrogens is 432 g/mol. The smallest absolute Gasteiger partial charge is 0.256 e. The first-order chi connectivity index (χ1) is 14.9. The maximum atomic E-state index is 6.16. The summed E-state index contributed by atoms with van der Waals surface area (Å²) in [6, 6.07) is 13.8. The van der Waals surface area contributed by atoms with Crippen LogP contribution in [0.1, 0.15) is 19.5 Å². The van der Waals surface area contributed by atoms with Crippen molar-refractivity contribution >= 4 is 34.1 Å². The van der Waals surface area contributed by atoms with Crippen molar-refractivity contribution in [3.05, 3.63) is 53.2 Å². The second kappa shape index (κ2) is 8.77. The van der Waals surface area contributed by atoms with E-state index in [2.05, 4.69) is 30.1 Å². The Morgan fingerprint density at radius 3 is 2.32 bits per heavy atom. The van der Waals surface area contributed by atoms with E-state index in [4.69, 9.17) is 26.1 Å². The van der Waals surface area contributed by atoms with Crippen LogP contribution in [0.4, 0.5) is 0 Å². The normalized spacial score (nSPS) is 11.3. The maximum absolute atomic E-state index is 6.16. The molecule has 2 heterocycles. The second-order valence-corrected chi connectivity index (χ2v) is 9.31. The molecule has 0 aliphatic heterocycles. The van der Waals surface area contributed by atoms with Gasteiger partial charge in [-0.2, -0.15) is 4.98 Å². The number of hydrogen-bond donors (Lipinski definition) is 0. The van der Waals surface area contributed by atoms with Gasteiger partial charge in [0.25, 0.3) is 5.95 Å². The summed E-state index contributed by atoms with van der Waals surface area (Å²) in [5.41, 5.74) is 2.88. The molecule has 2 aromatic heterocycles. The minimum absolute atomic E-state index is 0.368. The van der Waals surface area contributed by atoms with E-state index in [0.29, 0.717) is 32.9 Å². The highest BCUT2D eigenvalue weighted by molar-refractivity contribution is 7.99. The first-order valence-electron chi connectivity index (χ1n) is 9.83. The fourth-order valence-electron chi connectivity index (χ4n) is 3.53. The van der Waals surface area contributed by atoms with Gasteiger partial charge in [-0.1, -0.05) is 49.3 Å². The molecule has 0 saturated heterocycles. The van der Waals surface area contributed by atoms with Gasteiger partial charge in [-0.3, -0.25) is 4.57 Å². The number of fused-ring (bicyclic) bond motifs is 1. The number of halogens is 1. The molecule has 0 spiro atoms. The van der Waals surface area contributed by atoms with Crippen LogP contribution >= 0.6 is 23.4 Å². The fraction of sp³-hybridized carbons (Fsp3) is 0.261. The lowest BCUT2D eigenvalue weighted by atomic mass is 10.0. The third kappa shape index (κ3) is 4.20. The number of ether oxygens (including phenoxy) is 2. The first-order valence-corrected chi connectivity index (χ1v) is 11.1. The molecule has 6 nitrogen and oxygen atoms in total. The topological polar surface area (TPSA) is 62.2 Å². The number of hydrogen-bond acceptors (Lipinski definition) is 5. The van der Waals surface area contributed by atoms with Crippen LogP contribution in [0.3, 0.4) is 0 Å². The average molecular weight is 455 g/mol. The lowest BCUT2D eigenvalue weighted by Gasteiger charge is -2.19. The molecule has 0 atom stereocenters. The predicted octanol–water partition coefficient (Wildman–Crippen LogP) is 5.01. The molecule has 0 bridgehead atoms. The summed E-state index contributed by atoms with van der Waals surface area (Å²) in [5.74, 6) is 1.86. The van der Waals surface area contributed by atoms with Crippen LogP contribution in [0.15, 0.2) is 47.6 Å². The number of methoxy groups -OCH3 is 2. The van der Waals surface area contributed by atoms with Crippen LogP contribution in [-0.4, -0.2) is 29.7 Å². The maximum Gasteiger partial charge on any atom is 0.256 e. The zero-order valence-corrected chi connectivity index (χ0v) is 19.6. The van der Waals surface area contributed by atoms with Gasteiger partial charge in [-0.05, 0) is 48.2 Å². The second-order valence-electron chi connectivity index (χ2n) is 7.33. The Hall–Kier alpha value is -2.77. The summed E-state index contributed by atoms with van der Waals surface area (Å²) >= 11 is 7.75. The summed E-state index contributed by atoms with van der Waals surface area (Å²) in [6.07, 6.45) is 0. The lowest BCUT2D eigenvalue weighted by molar-refractivity contribution is -0.598. The minimum atomic E-state index is 0.368. The number of aromatic nitrogens is 4. The van der Waals surface area contributed by atoms with Gasteiger partial charge in [0.05, 0.1) is 19.9 Å². The van der Waals surface area contributed by atoms with Gasteiger partial charge in [0.2, 0.25) is 5.16 Å². The highest BCUT2D eigenvalue weighted by atomic mass is 35.5. The van der Waals surface area contributed by atoms with Crippen molar-refractivity contribution in [1.82, 2.24) is 15.2 Å². The molecule has 0 amide bonds. The van der Waals surface area contributed by atoms with E-state index in [-0.39, 0.29) is 0 Å². The van der Waals surface area contributed by atoms with E-state index >= 15 is 0 Å². The SMILES string of the molecule is COc1cc2cc(C)[n+](-c3nnc(SC(C)C)[n-]3)c(-c3ccc(Cl)cc3)c2cc1OC. The molecule has 31 heavy (non-hydrogen) atoms. The van der Waals surface area contributed by atoms with Crippen molar-refractivity contribution in [1.29, 1.82) is 0 Å². The van der Waals surface area contributed by atoms with Gasteiger partial charge in [0.15, 0.2) is 11.5 Å². The third-order valence-corrected chi connectivity index (χ3v) is 5.94. The first kappa shape index (κ1) is 21.5. The van der Waals surface area contributed by atoms with Crippen LogP contribution in [0.5, 0.6) is 11.5 Å². The molecule has 0 N–H and O–H groups in total.